The minimum absolute atomic E-state index is 0.00788. The molecule has 0 spiro atoms. The minimum atomic E-state index is -4.02. The Morgan fingerprint density at radius 1 is 0.955 bits per heavy atom. The molecule has 0 bridgehead atoms. The Kier molecular flexibility index (Phi) is 10.0. The molecular weight excluding hydrogens is 358 g/mol. The maximum Gasteiger partial charge on any atom is 0.267 e. The summed E-state index contributed by atoms with van der Waals surface area (Å²) >= 11 is 5.50. The molecule has 8 nitrogen and oxygen atoms in total. The largest absolute Gasteiger partial charge is 0.378 e. The van der Waals surface area contributed by atoms with Crippen LogP contribution in [0.3, 0.4) is 0 Å². The maximum absolute atomic E-state index is 11.8. The van der Waals surface area contributed by atoms with Gasteiger partial charge < -0.3 is 9.47 Å². The summed E-state index contributed by atoms with van der Waals surface area (Å²) in [5.74, 6) is -0.573. The minimum Gasteiger partial charge on any atom is -0.378 e. The first kappa shape index (κ1) is 22.0. The van der Waals surface area contributed by atoms with Crippen LogP contribution in [0.1, 0.15) is 20.3 Å². The van der Waals surface area contributed by atoms with Crippen LogP contribution in [-0.2, 0) is 29.4 Å². The van der Waals surface area contributed by atoms with Crippen LogP contribution in [0.4, 0.5) is 0 Å². The number of halogens is 1. The summed E-state index contributed by atoms with van der Waals surface area (Å²) < 4.78 is 62.8. The van der Waals surface area contributed by atoms with Crippen LogP contribution in [0.15, 0.2) is 0 Å². The molecule has 22 heavy (non-hydrogen) atoms. The van der Waals surface area contributed by atoms with Crippen LogP contribution in [0.5, 0.6) is 0 Å². The molecular formula is C11H24ClNO7S2. The van der Waals surface area contributed by atoms with Crippen molar-refractivity contribution in [2.45, 2.75) is 25.8 Å². The zero-order chi connectivity index (χ0) is 17.3. The van der Waals surface area contributed by atoms with Gasteiger partial charge in [-0.15, -0.1) is 0 Å². The van der Waals surface area contributed by atoms with Crippen LogP contribution in [0, 0.1) is 0 Å². The summed E-state index contributed by atoms with van der Waals surface area (Å²) in [6.07, 6.45) is 0.386. The van der Waals surface area contributed by atoms with Gasteiger partial charge in [-0.2, -0.15) is 8.42 Å². The van der Waals surface area contributed by atoms with Crippen molar-refractivity contribution in [2.24, 2.45) is 0 Å². The zero-order valence-corrected chi connectivity index (χ0v) is 15.1. The Bertz CT molecular complexity index is 505. The third-order valence-electron chi connectivity index (χ3n) is 2.69. The molecule has 0 aliphatic heterocycles. The molecule has 0 atom stereocenters. The Labute approximate surface area is 137 Å². The first-order valence-corrected chi connectivity index (χ1v) is 10.5. The summed E-state index contributed by atoms with van der Waals surface area (Å²) in [5.41, 5.74) is -0.462. The highest BCUT2D eigenvalue weighted by molar-refractivity contribution is 7.91. The second-order valence-corrected chi connectivity index (χ2v) is 9.46. The smallest absolute Gasteiger partial charge is 0.267 e. The highest BCUT2D eigenvalue weighted by atomic mass is 35.5. The number of ether oxygens (including phenoxy) is 2. The fourth-order valence-electron chi connectivity index (χ4n) is 1.23. The lowest BCUT2D eigenvalue weighted by molar-refractivity contribution is 0.0594. The van der Waals surface area contributed by atoms with Crippen molar-refractivity contribution >= 4 is 31.7 Å². The van der Waals surface area contributed by atoms with E-state index in [1.54, 1.807) is 13.8 Å². The second-order valence-electron chi connectivity index (χ2n) is 5.39. The van der Waals surface area contributed by atoms with E-state index < -0.39 is 31.2 Å². The Hall–Kier alpha value is 0.0300. The van der Waals surface area contributed by atoms with Gasteiger partial charge in [0, 0.05) is 5.54 Å². The molecule has 0 aromatic carbocycles. The first-order chi connectivity index (χ1) is 9.97. The van der Waals surface area contributed by atoms with Crippen LogP contribution in [0.25, 0.3) is 0 Å². The molecule has 0 aliphatic rings. The average Bonchev–Trinajstić information content (AvgIpc) is 2.39. The van der Waals surface area contributed by atoms with Crippen LogP contribution < -0.4 is 4.84 Å². The predicted octanol–water partition coefficient (Wildman–Crippen LogP) is 0.234. The molecule has 0 aromatic rings. The van der Waals surface area contributed by atoms with E-state index >= 15 is 0 Å². The lowest BCUT2D eigenvalue weighted by Crippen LogP contribution is -2.35. The third kappa shape index (κ3) is 13.7. The first-order valence-electron chi connectivity index (χ1n) is 6.66. The molecule has 0 fully saturated rings. The molecule has 0 aromatic heterocycles. The van der Waals surface area contributed by atoms with Crippen molar-refractivity contribution in [1.82, 2.24) is 4.84 Å². The van der Waals surface area contributed by atoms with Gasteiger partial charge in [-0.1, -0.05) is 0 Å². The maximum atomic E-state index is 11.8. The van der Waals surface area contributed by atoms with Crippen LogP contribution in [0.2, 0.25) is 0 Å². The lowest BCUT2D eigenvalue weighted by Gasteiger charge is -2.21. The normalized spacial score (nSPS) is 13.5. The standard InChI is InChI=1S/C11H24ClNO7S2/c1-11(2,13-12)3-8-21(14,15)9-6-19-4-5-20-7-10-22(16,17)18/h13H,3-10H2,1-2H3,(H,16,17,18). The van der Waals surface area contributed by atoms with E-state index in [0.717, 1.165) is 0 Å². The summed E-state index contributed by atoms with van der Waals surface area (Å²) in [5, 5.41) is 0. The average molecular weight is 382 g/mol. The Morgan fingerprint density at radius 3 is 1.91 bits per heavy atom. The molecule has 0 saturated carbocycles. The van der Waals surface area contributed by atoms with Gasteiger partial charge in [-0.05, 0) is 32.0 Å². The van der Waals surface area contributed by atoms with Gasteiger partial charge in [0.25, 0.3) is 10.1 Å². The molecule has 0 aliphatic carbocycles. The predicted molar refractivity (Wildman–Crippen MR) is 84.4 cm³/mol. The van der Waals surface area contributed by atoms with Gasteiger partial charge in [-0.3, -0.25) is 4.55 Å². The number of rotatable bonds is 13. The van der Waals surface area contributed by atoms with Crippen LogP contribution in [-0.4, -0.2) is 70.6 Å². The topological polar surface area (TPSA) is 119 Å². The van der Waals surface area contributed by atoms with E-state index in [1.165, 1.54) is 0 Å². The van der Waals surface area contributed by atoms with Crippen molar-refractivity contribution in [3.8, 4) is 0 Å². The molecule has 0 radical (unpaired) electrons. The van der Waals surface area contributed by atoms with Gasteiger partial charge in [0.1, 0.15) is 0 Å². The van der Waals surface area contributed by atoms with Gasteiger partial charge in [0.05, 0.1) is 43.7 Å². The molecule has 0 amide bonds. The molecule has 2 N–H and O–H groups in total. The van der Waals surface area contributed by atoms with Crippen molar-refractivity contribution < 1.29 is 30.9 Å². The summed E-state index contributed by atoms with van der Waals surface area (Å²) in [7, 11) is -7.24. The highest BCUT2D eigenvalue weighted by Crippen LogP contribution is 2.11. The summed E-state index contributed by atoms with van der Waals surface area (Å²) in [6.45, 7) is 3.78. The zero-order valence-electron chi connectivity index (χ0n) is 12.7. The molecule has 0 rings (SSSR count). The number of hydrogen-bond acceptors (Lipinski definition) is 7. The highest BCUT2D eigenvalue weighted by Gasteiger charge is 2.20. The molecule has 11 heteroatoms. The van der Waals surface area contributed by atoms with E-state index in [0.29, 0.717) is 6.42 Å². The Morgan fingerprint density at radius 2 is 1.45 bits per heavy atom. The summed E-state index contributed by atoms with van der Waals surface area (Å²) in [6, 6.07) is 0. The SMILES string of the molecule is CC(C)(CCS(=O)(=O)CCOCCOCCS(=O)(=O)O)NCl. The molecule has 134 valence electrons. The Balaban J connectivity index is 3.69. The van der Waals surface area contributed by atoms with E-state index in [-0.39, 0.29) is 37.9 Å². The van der Waals surface area contributed by atoms with Gasteiger partial charge in [0.2, 0.25) is 0 Å². The van der Waals surface area contributed by atoms with Gasteiger partial charge in [-0.25, -0.2) is 13.3 Å². The van der Waals surface area contributed by atoms with Crippen LogP contribution >= 0.6 is 11.8 Å². The quantitative estimate of drug-likeness (QED) is 0.264. The van der Waals surface area contributed by atoms with E-state index in [1.807, 2.05) is 0 Å². The summed E-state index contributed by atoms with van der Waals surface area (Å²) in [4.78, 5) is 2.52. The molecule has 0 unspecified atom stereocenters. The fraction of sp³-hybridized carbons (Fsp3) is 1.00. The lowest BCUT2D eigenvalue weighted by atomic mass is 10.0. The van der Waals surface area contributed by atoms with E-state index in [9.17, 15) is 16.8 Å². The van der Waals surface area contributed by atoms with Crippen molar-refractivity contribution in [2.75, 3.05) is 43.7 Å². The molecule has 0 saturated heterocycles. The number of hydrogen-bond donors (Lipinski definition) is 2. The van der Waals surface area contributed by atoms with Crippen molar-refractivity contribution in [3.05, 3.63) is 0 Å². The van der Waals surface area contributed by atoms with Crippen molar-refractivity contribution in [3.63, 3.8) is 0 Å². The number of sulfone groups is 1. The van der Waals surface area contributed by atoms with Crippen molar-refractivity contribution in [1.29, 1.82) is 0 Å². The van der Waals surface area contributed by atoms with Gasteiger partial charge in [0.15, 0.2) is 9.84 Å². The number of nitrogens with one attached hydrogen (secondary N) is 1. The van der Waals surface area contributed by atoms with E-state index in [4.69, 9.17) is 25.8 Å². The van der Waals surface area contributed by atoms with Gasteiger partial charge >= 0.3 is 0 Å². The third-order valence-corrected chi connectivity index (χ3v) is 5.50. The van der Waals surface area contributed by atoms with E-state index in [2.05, 4.69) is 4.84 Å². The molecule has 0 heterocycles. The monoisotopic (exact) mass is 381 g/mol. The fourth-order valence-corrected chi connectivity index (χ4v) is 3.05. The second kappa shape index (κ2) is 10.0.